The molecular weight excluding hydrogens is 280 g/mol. The van der Waals surface area contributed by atoms with Crippen LogP contribution < -0.4 is 4.74 Å². The van der Waals surface area contributed by atoms with Gasteiger partial charge in [0.15, 0.2) is 0 Å². The van der Waals surface area contributed by atoms with Gasteiger partial charge in [-0.3, -0.25) is 0 Å². The Labute approximate surface area is 139 Å². The Balaban J connectivity index is 1.97. The highest BCUT2D eigenvalue weighted by molar-refractivity contribution is 5.83. The highest BCUT2D eigenvalue weighted by atomic mass is 16.5. The average molecular weight is 304 g/mol. The zero-order valence-corrected chi connectivity index (χ0v) is 14.1. The van der Waals surface area contributed by atoms with Gasteiger partial charge in [0.2, 0.25) is 0 Å². The van der Waals surface area contributed by atoms with E-state index in [9.17, 15) is 0 Å². The first-order valence-corrected chi connectivity index (χ1v) is 8.72. The molecule has 0 radical (unpaired) electrons. The maximum absolute atomic E-state index is 5.85. The minimum atomic E-state index is 0.732. The minimum absolute atomic E-state index is 0.732. The fourth-order valence-electron chi connectivity index (χ4n) is 3.92. The molecule has 2 aliphatic rings. The molecule has 0 aromatic heterocycles. The molecule has 0 N–H and O–H groups in total. The SMILES string of the molecule is C=Cc1c(C)ccc(C2CC2)c1-c1ccc2c(c1C)CCCO2. The van der Waals surface area contributed by atoms with Crippen molar-refractivity contribution in [1.82, 2.24) is 0 Å². The van der Waals surface area contributed by atoms with Crippen molar-refractivity contribution in [1.29, 1.82) is 0 Å². The molecule has 1 heteroatoms. The van der Waals surface area contributed by atoms with Crippen LogP contribution in [0.2, 0.25) is 0 Å². The van der Waals surface area contributed by atoms with E-state index in [0.717, 1.165) is 31.1 Å². The zero-order chi connectivity index (χ0) is 16.0. The van der Waals surface area contributed by atoms with Crippen LogP contribution in [0.1, 0.15) is 53.0 Å². The van der Waals surface area contributed by atoms with E-state index in [1.807, 2.05) is 6.08 Å². The molecule has 0 spiro atoms. The molecule has 1 aliphatic heterocycles. The monoisotopic (exact) mass is 304 g/mol. The molecule has 23 heavy (non-hydrogen) atoms. The Kier molecular flexibility index (Phi) is 3.52. The normalized spacial score (nSPS) is 16.6. The van der Waals surface area contributed by atoms with E-state index in [1.165, 1.54) is 51.8 Å². The predicted molar refractivity (Wildman–Crippen MR) is 97.2 cm³/mol. The van der Waals surface area contributed by atoms with Crippen molar-refractivity contribution in [2.45, 2.75) is 45.4 Å². The number of aryl methyl sites for hydroxylation is 1. The first-order chi connectivity index (χ1) is 11.2. The van der Waals surface area contributed by atoms with Gasteiger partial charge in [-0.15, -0.1) is 0 Å². The number of ether oxygens (including phenoxy) is 1. The van der Waals surface area contributed by atoms with Gasteiger partial charge < -0.3 is 4.74 Å². The predicted octanol–water partition coefficient (Wildman–Crippen LogP) is 5.82. The van der Waals surface area contributed by atoms with E-state index >= 15 is 0 Å². The third-order valence-corrected chi connectivity index (χ3v) is 5.37. The van der Waals surface area contributed by atoms with Crippen LogP contribution in [0.5, 0.6) is 5.75 Å². The van der Waals surface area contributed by atoms with Crippen LogP contribution in [0, 0.1) is 13.8 Å². The Morgan fingerprint density at radius 1 is 1.13 bits per heavy atom. The van der Waals surface area contributed by atoms with Crippen molar-refractivity contribution in [2.75, 3.05) is 6.61 Å². The number of hydrogen-bond donors (Lipinski definition) is 0. The van der Waals surface area contributed by atoms with Crippen LogP contribution in [-0.4, -0.2) is 6.61 Å². The molecule has 1 aliphatic carbocycles. The van der Waals surface area contributed by atoms with Crippen LogP contribution in [0.3, 0.4) is 0 Å². The molecule has 0 unspecified atom stereocenters. The molecule has 118 valence electrons. The maximum Gasteiger partial charge on any atom is 0.122 e. The van der Waals surface area contributed by atoms with Crippen molar-refractivity contribution in [3.63, 3.8) is 0 Å². The third kappa shape index (κ3) is 2.39. The third-order valence-electron chi connectivity index (χ3n) is 5.37. The summed E-state index contributed by atoms with van der Waals surface area (Å²) >= 11 is 0. The maximum atomic E-state index is 5.85. The van der Waals surface area contributed by atoms with Gasteiger partial charge in [0.05, 0.1) is 6.61 Å². The summed E-state index contributed by atoms with van der Waals surface area (Å²) < 4.78 is 5.85. The lowest BCUT2D eigenvalue weighted by Gasteiger charge is -2.23. The molecule has 0 bridgehead atoms. The summed E-state index contributed by atoms with van der Waals surface area (Å²) in [5.41, 5.74) is 9.68. The second-order valence-electron chi connectivity index (χ2n) is 6.91. The summed E-state index contributed by atoms with van der Waals surface area (Å²) in [7, 11) is 0. The number of benzene rings is 2. The summed E-state index contributed by atoms with van der Waals surface area (Å²) in [5, 5.41) is 0. The topological polar surface area (TPSA) is 9.23 Å². The zero-order valence-electron chi connectivity index (χ0n) is 14.1. The fourth-order valence-corrected chi connectivity index (χ4v) is 3.92. The van der Waals surface area contributed by atoms with Crippen molar-refractivity contribution in [3.8, 4) is 16.9 Å². The molecule has 2 aromatic carbocycles. The summed E-state index contributed by atoms with van der Waals surface area (Å²) in [4.78, 5) is 0. The van der Waals surface area contributed by atoms with Crippen LogP contribution in [-0.2, 0) is 6.42 Å². The Morgan fingerprint density at radius 3 is 2.70 bits per heavy atom. The Morgan fingerprint density at radius 2 is 1.96 bits per heavy atom. The van der Waals surface area contributed by atoms with Crippen LogP contribution >= 0.6 is 0 Å². The van der Waals surface area contributed by atoms with Crippen molar-refractivity contribution in [3.05, 3.63) is 58.7 Å². The first kappa shape index (κ1) is 14.6. The van der Waals surface area contributed by atoms with E-state index in [-0.39, 0.29) is 0 Å². The quantitative estimate of drug-likeness (QED) is 0.694. The smallest absolute Gasteiger partial charge is 0.122 e. The molecular formula is C22H24O. The molecule has 4 rings (SSSR count). The first-order valence-electron chi connectivity index (χ1n) is 8.72. The number of hydrogen-bond acceptors (Lipinski definition) is 1. The van der Waals surface area contributed by atoms with E-state index in [4.69, 9.17) is 4.74 Å². The fraction of sp³-hybridized carbons (Fsp3) is 0.364. The Bertz CT molecular complexity index is 781. The minimum Gasteiger partial charge on any atom is -0.493 e. The summed E-state index contributed by atoms with van der Waals surface area (Å²) in [6, 6.07) is 9.02. The molecule has 0 atom stereocenters. The van der Waals surface area contributed by atoms with Gasteiger partial charge in [-0.1, -0.05) is 30.9 Å². The summed E-state index contributed by atoms with van der Waals surface area (Å²) in [5.74, 6) is 1.81. The lowest BCUT2D eigenvalue weighted by Crippen LogP contribution is -2.10. The lowest BCUT2D eigenvalue weighted by molar-refractivity contribution is 0.288. The van der Waals surface area contributed by atoms with Crippen molar-refractivity contribution in [2.24, 2.45) is 0 Å². The number of rotatable bonds is 3. The van der Waals surface area contributed by atoms with E-state index in [0.29, 0.717) is 0 Å². The molecule has 1 fully saturated rings. The van der Waals surface area contributed by atoms with Gasteiger partial charge in [-0.25, -0.2) is 0 Å². The van der Waals surface area contributed by atoms with Crippen LogP contribution in [0.15, 0.2) is 30.8 Å². The molecule has 2 aromatic rings. The largest absolute Gasteiger partial charge is 0.493 e. The van der Waals surface area contributed by atoms with E-state index in [1.54, 1.807) is 0 Å². The average Bonchev–Trinajstić information content (AvgIpc) is 3.40. The van der Waals surface area contributed by atoms with Gasteiger partial charge in [0.25, 0.3) is 0 Å². The lowest BCUT2D eigenvalue weighted by atomic mass is 9.85. The highest BCUT2D eigenvalue weighted by Crippen LogP contribution is 2.48. The number of fused-ring (bicyclic) bond motifs is 1. The summed E-state index contributed by atoms with van der Waals surface area (Å²) in [6.07, 6.45) is 6.92. The van der Waals surface area contributed by atoms with E-state index in [2.05, 4.69) is 44.7 Å². The van der Waals surface area contributed by atoms with E-state index < -0.39 is 0 Å². The van der Waals surface area contributed by atoms with Gasteiger partial charge >= 0.3 is 0 Å². The van der Waals surface area contributed by atoms with Gasteiger partial charge in [0.1, 0.15) is 5.75 Å². The highest BCUT2D eigenvalue weighted by Gasteiger charge is 2.29. The Hall–Kier alpha value is -2.02. The van der Waals surface area contributed by atoms with Crippen LogP contribution in [0.25, 0.3) is 17.2 Å². The van der Waals surface area contributed by atoms with Crippen LogP contribution in [0.4, 0.5) is 0 Å². The van der Waals surface area contributed by atoms with Crippen molar-refractivity contribution < 1.29 is 4.74 Å². The van der Waals surface area contributed by atoms with Crippen molar-refractivity contribution >= 4 is 6.08 Å². The molecule has 1 nitrogen and oxygen atoms in total. The molecule has 0 saturated heterocycles. The van der Waals surface area contributed by atoms with Gasteiger partial charge in [0, 0.05) is 0 Å². The molecule has 0 amide bonds. The second-order valence-corrected chi connectivity index (χ2v) is 6.91. The second kappa shape index (κ2) is 5.56. The van der Waals surface area contributed by atoms with Gasteiger partial charge in [-0.05, 0) is 90.5 Å². The molecule has 1 saturated carbocycles. The molecule has 1 heterocycles. The summed E-state index contributed by atoms with van der Waals surface area (Å²) in [6.45, 7) is 9.39. The standard InChI is InChI=1S/C22H24O/c1-4-17-14(2)7-10-20(16-8-9-16)22(17)19-11-12-21-18(15(19)3)6-5-13-23-21/h4,7,10-12,16H,1,5-6,8-9,13H2,2-3H3. The van der Waals surface area contributed by atoms with Gasteiger partial charge in [-0.2, -0.15) is 0 Å².